The summed E-state index contributed by atoms with van der Waals surface area (Å²) in [7, 11) is 0. The van der Waals surface area contributed by atoms with Gasteiger partial charge in [0.1, 0.15) is 0 Å². The zero-order valence-corrected chi connectivity index (χ0v) is 79.0. The van der Waals surface area contributed by atoms with Crippen molar-refractivity contribution in [1.29, 1.82) is 5.26 Å². The van der Waals surface area contributed by atoms with Gasteiger partial charge in [0.2, 0.25) is 0 Å². The standard InChI is InChI=1S/C18H11N2.3C18H14N.C17H12N.C15H10N.C5H8O2.5Ir/c19-12-14-6-8-15(9-7-14)17-10-11-18(20-13-17)16-4-2-1-3-5-16;3*1-14-12-18(16-10-6-3-7-11-16)19-13-17(14)15-8-4-2-5-9-15;1-3-7-14(8-4-1)16-11-12-17(18-13-16)15-9-5-2-6-10-15;1-2-7-13(8-3-1)15-14-9-5-4-6-12(14)10-11-16-15;1-4(6)3-5(2)7;;;;;/h1-4,6-11,13H;3*2-10,12-13H,1H3;1-9,11-13H;1-7,9-11H;3,6H,1-2H3;;;;;/q6*-1;;;;;;/i;2D,4D,5D,8D,9D;;;1D,3D,4D,7D,8D;;;;;;;. The number of benzene rings is 12. The summed E-state index contributed by atoms with van der Waals surface area (Å²) in [6.45, 7) is 8.93. The third-order valence-corrected chi connectivity index (χ3v) is 17.9. The molecule has 0 bridgehead atoms. The quantitative estimate of drug-likeness (QED) is 0.0720. The van der Waals surface area contributed by atoms with E-state index in [1.165, 1.54) is 70.3 Å². The van der Waals surface area contributed by atoms with Gasteiger partial charge in [-0.15, -0.1) is 215 Å². The molecule has 617 valence electrons. The molecule has 0 aliphatic heterocycles. The molecule has 6 aromatic heterocycles. The van der Waals surface area contributed by atoms with Gasteiger partial charge in [0, 0.05) is 160 Å². The number of fused-ring (bicyclic) bond motifs is 1. The van der Waals surface area contributed by atoms with Crippen LogP contribution >= 0.6 is 0 Å². The van der Waals surface area contributed by atoms with Crippen molar-refractivity contribution in [1.82, 2.24) is 29.9 Å². The van der Waals surface area contributed by atoms with Crippen LogP contribution in [-0.2, 0) is 105 Å². The summed E-state index contributed by atoms with van der Waals surface area (Å²) in [5.41, 5.74) is 23.2. The van der Waals surface area contributed by atoms with Gasteiger partial charge in [-0.25, -0.2) is 0 Å². The minimum atomic E-state index is -0.396. The van der Waals surface area contributed by atoms with Gasteiger partial charge >= 0.3 is 0 Å². The monoisotopic (exact) mass is 2500 g/mol. The van der Waals surface area contributed by atoms with E-state index in [4.69, 9.17) is 24.1 Å². The van der Waals surface area contributed by atoms with Crippen LogP contribution in [0.25, 0.3) is 134 Å². The first-order chi connectivity index (χ1) is 62.0. The second-order valence-corrected chi connectivity index (χ2v) is 26.4. The first-order valence-corrected chi connectivity index (χ1v) is 37.7. The fourth-order valence-electron chi connectivity index (χ4n) is 12.1. The molecular weight excluding hydrogens is 2400 g/mol. The third-order valence-electron chi connectivity index (χ3n) is 17.9. The van der Waals surface area contributed by atoms with Crippen molar-refractivity contribution >= 4 is 16.6 Å². The number of carbonyl (C=O) groups excluding carboxylic acids is 1. The van der Waals surface area contributed by atoms with E-state index >= 15 is 0 Å². The first kappa shape index (κ1) is 83.0. The molecule has 18 rings (SSSR count). The van der Waals surface area contributed by atoms with E-state index in [0.717, 1.165) is 78.5 Å². The normalized spacial score (nSPS) is 11.1. The number of nitriles is 1. The molecule has 0 unspecified atom stereocenters. The Morgan fingerprint density at radius 2 is 0.675 bits per heavy atom. The van der Waals surface area contributed by atoms with Crippen molar-refractivity contribution in [2.45, 2.75) is 34.6 Å². The number of aryl methyl sites for hydroxylation is 3. The summed E-state index contributed by atoms with van der Waals surface area (Å²) in [5.74, 6) is -0.0625. The van der Waals surface area contributed by atoms with Crippen molar-refractivity contribution in [2.24, 2.45) is 0 Å². The van der Waals surface area contributed by atoms with Gasteiger partial charge in [0.05, 0.1) is 31.1 Å². The molecule has 0 fully saturated rings. The number of aromatic nitrogens is 6. The van der Waals surface area contributed by atoms with Gasteiger partial charge < -0.3 is 35.0 Å². The fraction of sp³-hybridized carbons (Fsp3) is 0.0459. The molecular formula is C109H83Ir5N7O2-6. The fourth-order valence-corrected chi connectivity index (χ4v) is 12.1. The van der Waals surface area contributed by atoms with Crippen LogP contribution in [0.1, 0.15) is 49.8 Å². The maximum atomic E-state index is 10.0. The molecule has 0 spiro atoms. The van der Waals surface area contributed by atoms with Crippen LogP contribution in [0.2, 0.25) is 0 Å². The van der Waals surface area contributed by atoms with Gasteiger partial charge in [-0.3, -0.25) is 4.79 Å². The van der Waals surface area contributed by atoms with E-state index in [2.05, 4.69) is 135 Å². The number of rotatable bonds is 12. The number of aliphatic hydroxyl groups excluding tert-OH is 1. The van der Waals surface area contributed by atoms with E-state index in [1.54, 1.807) is 30.5 Å². The first-order valence-electron chi connectivity index (χ1n) is 42.7. The zero-order chi connectivity index (χ0) is 90.6. The summed E-state index contributed by atoms with van der Waals surface area (Å²) in [5, 5.41) is 19.5. The van der Waals surface area contributed by atoms with Crippen molar-refractivity contribution < 1.29 is 124 Å². The molecule has 9 nitrogen and oxygen atoms in total. The number of pyridine rings is 6. The molecule has 14 heteroatoms. The van der Waals surface area contributed by atoms with Gasteiger partial charge in [0.25, 0.3) is 0 Å². The Kier molecular flexibility index (Phi) is 35.2. The van der Waals surface area contributed by atoms with Crippen LogP contribution in [0.5, 0.6) is 0 Å². The Labute approximate surface area is 804 Å². The third kappa shape index (κ3) is 29.5. The van der Waals surface area contributed by atoms with Crippen LogP contribution < -0.4 is 0 Å². The van der Waals surface area contributed by atoms with E-state index in [-0.39, 0.29) is 172 Å². The Bertz CT molecular complexity index is 6690. The molecule has 6 heterocycles. The topological polar surface area (TPSA) is 138 Å². The number of hydrogen-bond donors (Lipinski definition) is 1. The molecule has 123 heavy (non-hydrogen) atoms. The summed E-state index contributed by atoms with van der Waals surface area (Å²) >= 11 is 0. The van der Waals surface area contributed by atoms with Gasteiger partial charge in [-0.05, 0) is 153 Å². The maximum Gasteiger partial charge on any atom is 0.155 e. The van der Waals surface area contributed by atoms with Crippen LogP contribution in [0.4, 0.5) is 0 Å². The SMILES string of the molecule is CC(=O)C=C(C)O.Cc1cc(-c2[c-]cccc2)ncc1-c1ccccc1.Cc1cc(-c2[c-]cccc2)ncc1-c1ccccc1.N#Cc1ccc(-c2ccc(-c3[c-]cccc3)nc2)cc1.[2H]c1c([2H])c([2H])c(-c2ccc(-c3[c-]cccc3)nc2)c([2H])c1[2H].[2H]c1c([2H])c([2H])c(-c2cnc(-c3[c-]cccc3)cc2C)c([2H])c1[2H].[Ir].[Ir].[Ir].[Ir].[Ir].[c-]1ccccc1-c1nccc2ccccc12. The molecule has 0 saturated carbocycles. The Hall–Kier alpha value is -12.3. The number of allylic oxidation sites excluding steroid dienone is 2. The van der Waals surface area contributed by atoms with Gasteiger partial charge in [-0.2, -0.15) is 5.26 Å². The van der Waals surface area contributed by atoms with Crippen molar-refractivity contribution in [3.05, 3.63) is 471 Å². The molecule has 18 aromatic rings. The van der Waals surface area contributed by atoms with Crippen LogP contribution in [0.15, 0.2) is 413 Å². The maximum absolute atomic E-state index is 10.0. The Balaban J connectivity index is 0.000000214. The predicted molar refractivity (Wildman–Crippen MR) is 482 cm³/mol. The van der Waals surface area contributed by atoms with Crippen LogP contribution in [0, 0.1) is 68.5 Å². The second kappa shape index (κ2) is 52.2. The Morgan fingerprint density at radius 1 is 0.341 bits per heavy atom. The molecule has 1 N–H and O–H groups in total. The molecule has 0 aliphatic carbocycles. The molecule has 5 radical (unpaired) electrons. The predicted octanol–water partition coefficient (Wildman–Crippen LogP) is 26.6. The van der Waals surface area contributed by atoms with Gasteiger partial charge in [0.15, 0.2) is 5.78 Å². The smallest absolute Gasteiger partial charge is 0.155 e. The zero-order valence-electron chi connectivity index (χ0n) is 77.1. The van der Waals surface area contributed by atoms with E-state index in [9.17, 15) is 4.79 Å². The van der Waals surface area contributed by atoms with Crippen molar-refractivity contribution in [2.75, 3.05) is 0 Å². The average molecular weight is 2490 g/mol. The number of nitrogens with zero attached hydrogens (tertiary/aromatic N) is 7. The van der Waals surface area contributed by atoms with Crippen molar-refractivity contribution in [3.63, 3.8) is 0 Å². The minimum absolute atomic E-state index is 0. The minimum Gasteiger partial charge on any atom is -0.512 e. The number of hydrogen-bond acceptors (Lipinski definition) is 9. The summed E-state index contributed by atoms with van der Waals surface area (Å²) in [6, 6.07) is 117. The summed E-state index contributed by atoms with van der Waals surface area (Å²) in [6.07, 6.45) is 11.8. The second-order valence-electron chi connectivity index (χ2n) is 26.4. The molecule has 0 atom stereocenters. The van der Waals surface area contributed by atoms with Crippen LogP contribution in [-0.4, -0.2) is 40.8 Å². The van der Waals surface area contributed by atoms with E-state index in [0.29, 0.717) is 22.4 Å². The van der Waals surface area contributed by atoms with E-state index in [1.807, 2.05) is 262 Å². The summed E-state index contributed by atoms with van der Waals surface area (Å²) < 4.78 is 78.5. The number of ketones is 1. The largest absolute Gasteiger partial charge is 0.512 e. The van der Waals surface area contributed by atoms with Crippen LogP contribution in [0.3, 0.4) is 0 Å². The number of carbonyl (C=O) groups is 1. The van der Waals surface area contributed by atoms with Gasteiger partial charge in [-0.1, -0.05) is 200 Å². The summed E-state index contributed by atoms with van der Waals surface area (Å²) in [4.78, 5) is 36.8. The average Bonchev–Trinajstić information content (AvgIpc) is 0.795. The Morgan fingerprint density at radius 3 is 1.02 bits per heavy atom. The van der Waals surface area contributed by atoms with E-state index < -0.39 is 12.1 Å². The molecule has 0 amide bonds. The molecule has 12 aromatic carbocycles. The number of aliphatic hydroxyl groups is 1. The van der Waals surface area contributed by atoms with Crippen molar-refractivity contribution in [3.8, 4) is 129 Å². The molecule has 0 aliphatic rings. The molecule has 0 saturated heterocycles.